The molecule has 29 heavy (non-hydrogen) atoms. The second kappa shape index (κ2) is 8.17. The number of benzene rings is 1. The van der Waals surface area contributed by atoms with Gasteiger partial charge in [0.1, 0.15) is 18.5 Å². The van der Waals surface area contributed by atoms with Crippen LogP contribution in [0.15, 0.2) is 24.3 Å². The van der Waals surface area contributed by atoms with E-state index in [4.69, 9.17) is 4.74 Å². The van der Waals surface area contributed by atoms with Crippen molar-refractivity contribution in [2.45, 2.75) is 43.4 Å². The number of carbonyl (C=O) groups is 1. The minimum Gasteiger partial charge on any atom is -0.388 e. The van der Waals surface area contributed by atoms with Crippen LogP contribution in [0.1, 0.15) is 26.2 Å². The van der Waals surface area contributed by atoms with Gasteiger partial charge in [0.2, 0.25) is 15.9 Å². The van der Waals surface area contributed by atoms with Crippen LogP contribution in [-0.2, 0) is 19.6 Å². The molecule has 0 aliphatic carbocycles. The lowest BCUT2D eigenvalue weighted by Gasteiger charge is -2.52. The predicted octanol–water partition coefficient (Wildman–Crippen LogP) is 0.370. The van der Waals surface area contributed by atoms with Crippen molar-refractivity contribution in [3.8, 4) is 0 Å². The lowest BCUT2D eigenvalue weighted by molar-refractivity contribution is -0.200. The third kappa shape index (κ3) is 4.71. The largest absolute Gasteiger partial charge is 0.388 e. The number of ether oxygens (including phenoxy) is 1. The molecule has 1 spiro atoms. The summed E-state index contributed by atoms with van der Waals surface area (Å²) in [7, 11) is -3.82. The Balaban J connectivity index is 1.77. The topological polar surface area (TPSA) is 108 Å². The van der Waals surface area contributed by atoms with Crippen LogP contribution in [0.5, 0.6) is 0 Å². The van der Waals surface area contributed by atoms with Crippen LogP contribution >= 0.6 is 0 Å². The molecule has 0 radical (unpaired) electrons. The molecule has 2 saturated heterocycles. The van der Waals surface area contributed by atoms with Crippen molar-refractivity contribution in [3.63, 3.8) is 0 Å². The third-order valence-electron chi connectivity index (χ3n) is 5.77. The summed E-state index contributed by atoms with van der Waals surface area (Å²) >= 11 is 0. The van der Waals surface area contributed by atoms with E-state index in [2.05, 4.69) is 10.6 Å². The minimum atomic E-state index is -3.82. The fourth-order valence-corrected chi connectivity index (χ4v) is 5.03. The van der Waals surface area contributed by atoms with Crippen LogP contribution in [0.2, 0.25) is 0 Å². The van der Waals surface area contributed by atoms with E-state index in [-0.39, 0.29) is 5.69 Å². The number of hydrogen-bond donors (Lipinski definition) is 3. The van der Waals surface area contributed by atoms with Crippen LogP contribution in [0, 0.1) is 5.82 Å². The van der Waals surface area contributed by atoms with E-state index < -0.39 is 45.5 Å². The minimum absolute atomic E-state index is 0.0650. The van der Waals surface area contributed by atoms with Gasteiger partial charge < -0.3 is 20.5 Å². The van der Waals surface area contributed by atoms with Crippen molar-refractivity contribution < 1.29 is 27.4 Å². The van der Waals surface area contributed by atoms with Crippen LogP contribution in [0.4, 0.5) is 10.1 Å². The molecule has 0 aromatic heterocycles. The molecule has 2 fully saturated rings. The second-order valence-electron chi connectivity index (χ2n) is 8.03. The summed E-state index contributed by atoms with van der Waals surface area (Å²) in [6.07, 6.45) is 1.67. The Bertz CT molecular complexity index is 854. The number of aliphatic hydroxyl groups excluding tert-OH is 1. The van der Waals surface area contributed by atoms with Crippen molar-refractivity contribution >= 4 is 21.6 Å². The van der Waals surface area contributed by atoms with E-state index in [0.29, 0.717) is 39.0 Å². The van der Waals surface area contributed by atoms with Crippen molar-refractivity contribution in [2.24, 2.45) is 0 Å². The molecule has 0 saturated carbocycles. The Morgan fingerprint density at radius 3 is 2.69 bits per heavy atom. The first-order chi connectivity index (χ1) is 13.6. The van der Waals surface area contributed by atoms with Crippen molar-refractivity contribution in [1.82, 2.24) is 10.6 Å². The monoisotopic (exact) mass is 429 g/mol. The average molecular weight is 430 g/mol. The summed E-state index contributed by atoms with van der Waals surface area (Å²) in [4.78, 5) is 12.8. The van der Waals surface area contributed by atoms with E-state index in [1.165, 1.54) is 18.2 Å². The fourth-order valence-electron chi connectivity index (χ4n) is 4.18. The summed E-state index contributed by atoms with van der Waals surface area (Å²) in [5, 5.41) is 17.1. The molecule has 8 nitrogen and oxygen atoms in total. The van der Waals surface area contributed by atoms with Crippen molar-refractivity contribution in [1.29, 1.82) is 0 Å². The maximum Gasteiger partial charge on any atom is 0.241 e. The number of nitrogens with one attached hydrogen (secondary N) is 2. The highest BCUT2D eigenvalue weighted by Crippen LogP contribution is 2.38. The quantitative estimate of drug-likeness (QED) is 0.624. The highest BCUT2D eigenvalue weighted by molar-refractivity contribution is 7.92. The molecule has 2 aliphatic rings. The number of sulfonamides is 1. The molecular formula is C19H28FN3O5S. The van der Waals surface area contributed by atoms with Gasteiger partial charge in [0.15, 0.2) is 0 Å². The normalized spacial score (nSPS) is 26.8. The molecule has 0 unspecified atom stereocenters. The number of carbonyl (C=O) groups excluding carboxylic acids is 1. The Morgan fingerprint density at radius 2 is 2.07 bits per heavy atom. The standard InChI is InChI=1S/C19H28FN3O5S/c1-18(8-11-28-19(17(18)25)6-9-21-10-7-19)22-16(24)13-23(29(2,26)27)15-5-3-4-14(20)12-15/h3-5,12,17,21,25H,6-11,13H2,1-2H3,(H,22,24)/t17-,18+/m0/s1. The SMILES string of the molecule is C[C@@]1(NC(=O)CN(c2cccc(F)c2)S(C)(=O)=O)CCOC2(CCNCC2)[C@H]1O. The van der Waals surface area contributed by atoms with Crippen LogP contribution in [-0.4, -0.2) is 69.2 Å². The summed E-state index contributed by atoms with van der Waals surface area (Å²) < 4.78 is 44.7. The smallest absolute Gasteiger partial charge is 0.241 e. The summed E-state index contributed by atoms with van der Waals surface area (Å²) in [6.45, 7) is 3.04. The van der Waals surface area contributed by atoms with Gasteiger partial charge in [0.25, 0.3) is 0 Å². The van der Waals surface area contributed by atoms with Gasteiger partial charge in [-0.3, -0.25) is 9.10 Å². The predicted molar refractivity (Wildman–Crippen MR) is 107 cm³/mol. The maximum atomic E-state index is 13.6. The number of rotatable bonds is 5. The number of halogens is 1. The number of amides is 1. The van der Waals surface area contributed by atoms with Gasteiger partial charge in [-0.2, -0.15) is 0 Å². The number of hydrogen-bond acceptors (Lipinski definition) is 6. The van der Waals surface area contributed by atoms with E-state index in [9.17, 15) is 22.7 Å². The molecule has 3 rings (SSSR count). The van der Waals surface area contributed by atoms with Gasteiger partial charge in [-0.25, -0.2) is 12.8 Å². The lowest BCUT2D eigenvalue weighted by Crippen LogP contribution is -2.69. The highest BCUT2D eigenvalue weighted by atomic mass is 32.2. The average Bonchev–Trinajstić information content (AvgIpc) is 2.64. The Hall–Kier alpha value is -1.75. The molecule has 162 valence electrons. The first-order valence-electron chi connectivity index (χ1n) is 9.63. The van der Waals surface area contributed by atoms with Crippen LogP contribution < -0.4 is 14.9 Å². The molecule has 2 aliphatic heterocycles. The lowest BCUT2D eigenvalue weighted by atomic mass is 9.73. The number of nitrogens with zero attached hydrogens (tertiary/aromatic N) is 1. The van der Waals surface area contributed by atoms with E-state index >= 15 is 0 Å². The molecular weight excluding hydrogens is 401 g/mol. The van der Waals surface area contributed by atoms with Gasteiger partial charge in [-0.05, 0) is 57.5 Å². The zero-order chi connectivity index (χ0) is 21.3. The number of anilines is 1. The summed E-state index contributed by atoms with van der Waals surface area (Å²) in [5.41, 5.74) is -1.63. The number of piperidine rings is 1. The summed E-state index contributed by atoms with van der Waals surface area (Å²) in [6, 6.07) is 5.06. The second-order valence-corrected chi connectivity index (χ2v) is 9.94. The van der Waals surface area contributed by atoms with Gasteiger partial charge >= 0.3 is 0 Å². The van der Waals surface area contributed by atoms with E-state index in [0.717, 1.165) is 16.6 Å². The molecule has 2 atom stereocenters. The first kappa shape index (κ1) is 21.9. The Morgan fingerprint density at radius 1 is 1.38 bits per heavy atom. The van der Waals surface area contributed by atoms with E-state index in [1.807, 2.05) is 0 Å². The Kier molecular flexibility index (Phi) is 6.19. The zero-order valence-electron chi connectivity index (χ0n) is 16.7. The van der Waals surface area contributed by atoms with E-state index in [1.54, 1.807) is 6.92 Å². The molecule has 1 aromatic rings. The molecule has 3 N–H and O–H groups in total. The zero-order valence-corrected chi connectivity index (χ0v) is 17.5. The molecule has 1 amide bonds. The van der Waals surface area contributed by atoms with Gasteiger partial charge in [-0.1, -0.05) is 6.07 Å². The van der Waals surface area contributed by atoms with Gasteiger partial charge in [-0.15, -0.1) is 0 Å². The third-order valence-corrected chi connectivity index (χ3v) is 6.91. The molecule has 2 heterocycles. The fraction of sp³-hybridized carbons (Fsp3) is 0.632. The highest BCUT2D eigenvalue weighted by Gasteiger charge is 2.53. The van der Waals surface area contributed by atoms with Crippen LogP contribution in [0.3, 0.4) is 0 Å². The van der Waals surface area contributed by atoms with Gasteiger partial charge in [0, 0.05) is 6.61 Å². The number of aliphatic hydroxyl groups is 1. The molecule has 0 bridgehead atoms. The van der Waals surface area contributed by atoms with Gasteiger partial charge in [0.05, 0.1) is 23.1 Å². The molecule has 10 heteroatoms. The molecule has 1 aromatic carbocycles. The van der Waals surface area contributed by atoms with Crippen molar-refractivity contribution in [2.75, 3.05) is 36.8 Å². The summed E-state index contributed by atoms with van der Waals surface area (Å²) in [5.74, 6) is -1.18. The van der Waals surface area contributed by atoms with Crippen LogP contribution in [0.25, 0.3) is 0 Å². The maximum absolute atomic E-state index is 13.6. The first-order valence-corrected chi connectivity index (χ1v) is 11.5. The Labute approximate surface area is 170 Å². The van der Waals surface area contributed by atoms with Crippen molar-refractivity contribution in [3.05, 3.63) is 30.1 Å².